The summed E-state index contributed by atoms with van der Waals surface area (Å²) >= 11 is 1.71. The predicted octanol–water partition coefficient (Wildman–Crippen LogP) is 4.45. The first-order chi connectivity index (χ1) is 12.1. The minimum atomic E-state index is -0.0406. The Balaban J connectivity index is 1.71. The summed E-state index contributed by atoms with van der Waals surface area (Å²) in [6, 6.07) is 22.2. The first kappa shape index (κ1) is 17.4. The zero-order valence-corrected chi connectivity index (χ0v) is 15.3. The highest BCUT2D eigenvalue weighted by molar-refractivity contribution is 7.10. The molecule has 0 aliphatic heterocycles. The second-order valence-corrected chi connectivity index (χ2v) is 7.13. The summed E-state index contributed by atoms with van der Waals surface area (Å²) in [6.45, 7) is 0.585. The molecule has 0 aliphatic rings. The monoisotopic (exact) mass is 350 g/mol. The Morgan fingerprint density at radius 2 is 1.76 bits per heavy atom. The van der Waals surface area contributed by atoms with E-state index in [-0.39, 0.29) is 11.9 Å². The van der Waals surface area contributed by atoms with E-state index in [0.717, 1.165) is 11.1 Å². The van der Waals surface area contributed by atoms with Crippen LogP contribution in [0.15, 0.2) is 72.1 Å². The van der Waals surface area contributed by atoms with Crippen molar-refractivity contribution in [2.45, 2.75) is 6.04 Å². The molecule has 0 spiro atoms. The maximum Gasteiger partial charge on any atom is 0.251 e. The van der Waals surface area contributed by atoms with Gasteiger partial charge < -0.3 is 10.2 Å². The number of nitrogens with one attached hydrogen (secondary N) is 1. The van der Waals surface area contributed by atoms with Crippen molar-refractivity contribution in [1.82, 2.24) is 10.2 Å². The molecule has 0 saturated heterocycles. The molecule has 25 heavy (non-hydrogen) atoms. The largest absolute Gasteiger partial charge is 0.350 e. The van der Waals surface area contributed by atoms with E-state index in [1.807, 2.05) is 62.6 Å². The molecule has 1 atom stereocenters. The highest BCUT2D eigenvalue weighted by Gasteiger charge is 2.17. The fourth-order valence-electron chi connectivity index (χ4n) is 2.78. The standard InChI is InChI=1S/C21H22N2OS/c1-23(2)19(20-12-7-13-25-20)15-22-21(24)18-11-6-10-17(14-18)16-8-4-3-5-9-16/h3-14,19H,15H2,1-2H3,(H,22,24). The van der Waals surface area contributed by atoms with Gasteiger partial charge in [0.15, 0.2) is 0 Å². The van der Waals surface area contributed by atoms with Crippen molar-refractivity contribution < 1.29 is 4.79 Å². The second-order valence-electron chi connectivity index (χ2n) is 6.15. The van der Waals surface area contributed by atoms with Crippen molar-refractivity contribution in [3.05, 3.63) is 82.6 Å². The minimum Gasteiger partial charge on any atom is -0.350 e. The van der Waals surface area contributed by atoms with E-state index in [0.29, 0.717) is 12.1 Å². The number of hydrogen-bond acceptors (Lipinski definition) is 3. The highest BCUT2D eigenvalue weighted by atomic mass is 32.1. The summed E-state index contributed by atoms with van der Waals surface area (Å²) < 4.78 is 0. The minimum absolute atomic E-state index is 0.0406. The summed E-state index contributed by atoms with van der Waals surface area (Å²) in [7, 11) is 4.07. The van der Waals surface area contributed by atoms with E-state index < -0.39 is 0 Å². The molecular formula is C21H22N2OS. The van der Waals surface area contributed by atoms with E-state index >= 15 is 0 Å². The Labute approximate surface area is 152 Å². The zero-order chi connectivity index (χ0) is 17.6. The Bertz CT molecular complexity index is 813. The summed E-state index contributed by atoms with van der Waals surface area (Å²) in [4.78, 5) is 16.0. The second kappa shape index (κ2) is 8.10. The number of thiophene rings is 1. The Hall–Kier alpha value is -2.43. The van der Waals surface area contributed by atoms with E-state index in [1.165, 1.54) is 4.88 Å². The number of hydrogen-bond donors (Lipinski definition) is 1. The van der Waals surface area contributed by atoms with Gasteiger partial charge >= 0.3 is 0 Å². The van der Waals surface area contributed by atoms with Crippen LogP contribution in [0, 0.1) is 0 Å². The molecule has 1 aromatic heterocycles. The van der Waals surface area contributed by atoms with Crippen molar-refractivity contribution >= 4 is 17.2 Å². The van der Waals surface area contributed by atoms with Crippen LogP contribution in [0.5, 0.6) is 0 Å². The topological polar surface area (TPSA) is 32.3 Å². The van der Waals surface area contributed by atoms with Crippen LogP contribution in [-0.4, -0.2) is 31.4 Å². The van der Waals surface area contributed by atoms with Crippen LogP contribution in [-0.2, 0) is 0 Å². The van der Waals surface area contributed by atoms with Gasteiger partial charge in [0.2, 0.25) is 0 Å². The zero-order valence-electron chi connectivity index (χ0n) is 14.5. The maximum absolute atomic E-state index is 12.6. The van der Waals surface area contributed by atoms with Gasteiger partial charge in [-0.2, -0.15) is 0 Å². The van der Waals surface area contributed by atoms with Crippen LogP contribution in [0.1, 0.15) is 21.3 Å². The molecule has 1 heterocycles. The van der Waals surface area contributed by atoms with E-state index in [2.05, 4.69) is 33.8 Å². The van der Waals surface area contributed by atoms with Gasteiger partial charge in [0, 0.05) is 17.0 Å². The molecule has 0 aliphatic carbocycles. The quantitative estimate of drug-likeness (QED) is 0.712. The molecule has 0 radical (unpaired) electrons. The Morgan fingerprint density at radius 1 is 1.00 bits per heavy atom. The van der Waals surface area contributed by atoms with Gasteiger partial charge in [0.1, 0.15) is 0 Å². The number of amides is 1. The van der Waals surface area contributed by atoms with Gasteiger partial charge in [-0.25, -0.2) is 0 Å². The fourth-order valence-corrected chi connectivity index (χ4v) is 3.70. The maximum atomic E-state index is 12.6. The molecular weight excluding hydrogens is 328 g/mol. The van der Waals surface area contributed by atoms with Crippen molar-refractivity contribution in [3.8, 4) is 11.1 Å². The normalized spacial score (nSPS) is 12.1. The van der Waals surface area contributed by atoms with E-state index in [1.54, 1.807) is 11.3 Å². The van der Waals surface area contributed by atoms with Crippen molar-refractivity contribution in [3.63, 3.8) is 0 Å². The number of rotatable bonds is 6. The van der Waals surface area contributed by atoms with Crippen LogP contribution in [0.4, 0.5) is 0 Å². The lowest BCUT2D eigenvalue weighted by Gasteiger charge is -2.23. The number of nitrogens with zero attached hydrogens (tertiary/aromatic N) is 1. The van der Waals surface area contributed by atoms with Gasteiger partial charge in [-0.15, -0.1) is 11.3 Å². The fraction of sp³-hybridized carbons (Fsp3) is 0.190. The average Bonchev–Trinajstić information content (AvgIpc) is 3.16. The lowest BCUT2D eigenvalue weighted by molar-refractivity contribution is 0.0942. The van der Waals surface area contributed by atoms with Crippen molar-refractivity contribution in [2.75, 3.05) is 20.6 Å². The molecule has 1 N–H and O–H groups in total. The Morgan fingerprint density at radius 3 is 2.44 bits per heavy atom. The molecule has 0 saturated carbocycles. The summed E-state index contributed by atoms with van der Waals surface area (Å²) in [5, 5.41) is 5.14. The lowest BCUT2D eigenvalue weighted by atomic mass is 10.0. The van der Waals surface area contributed by atoms with E-state index in [9.17, 15) is 4.79 Å². The SMILES string of the molecule is CN(C)C(CNC(=O)c1cccc(-c2ccccc2)c1)c1cccs1. The molecule has 1 amide bonds. The number of likely N-dealkylation sites (N-methyl/N-ethyl adjacent to an activating group) is 1. The first-order valence-corrected chi connectivity index (χ1v) is 9.16. The summed E-state index contributed by atoms with van der Waals surface area (Å²) in [6.07, 6.45) is 0. The third-order valence-electron chi connectivity index (χ3n) is 4.18. The summed E-state index contributed by atoms with van der Waals surface area (Å²) in [5.41, 5.74) is 2.85. The van der Waals surface area contributed by atoms with E-state index in [4.69, 9.17) is 0 Å². The third-order valence-corrected chi connectivity index (χ3v) is 5.16. The molecule has 4 heteroatoms. The van der Waals surface area contributed by atoms with Crippen LogP contribution in [0.2, 0.25) is 0 Å². The lowest BCUT2D eigenvalue weighted by Crippen LogP contribution is -2.34. The molecule has 3 nitrogen and oxygen atoms in total. The van der Waals surface area contributed by atoms with Gasteiger partial charge in [-0.3, -0.25) is 4.79 Å². The Kier molecular flexibility index (Phi) is 5.64. The predicted molar refractivity (Wildman–Crippen MR) is 105 cm³/mol. The molecule has 3 aromatic rings. The van der Waals surface area contributed by atoms with Crippen LogP contribution < -0.4 is 5.32 Å². The molecule has 2 aromatic carbocycles. The van der Waals surface area contributed by atoms with Gasteiger partial charge in [-0.1, -0.05) is 48.5 Å². The van der Waals surface area contributed by atoms with Gasteiger partial charge in [0.25, 0.3) is 5.91 Å². The molecule has 0 fully saturated rings. The third kappa shape index (κ3) is 4.35. The highest BCUT2D eigenvalue weighted by Crippen LogP contribution is 2.23. The van der Waals surface area contributed by atoms with Crippen LogP contribution >= 0.6 is 11.3 Å². The molecule has 128 valence electrons. The first-order valence-electron chi connectivity index (χ1n) is 8.28. The van der Waals surface area contributed by atoms with Crippen LogP contribution in [0.3, 0.4) is 0 Å². The van der Waals surface area contributed by atoms with Crippen molar-refractivity contribution in [2.24, 2.45) is 0 Å². The van der Waals surface area contributed by atoms with Gasteiger partial charge in [0.05, 0.1) is 6.04 Å². The van der Waals surface area contributed by atoms with Crippen molar-refractivity contribution in [1.29, 1.82) is 0 Å². The molecule has 0 bridgehead atoms. The smallest absolute Gasteiger partial charge is 0.251 e. The van der Waals surface area contributed by atoms with Crippen LogP contribution in [0.25, 0.3) is 11.1 Å². The molecule has 1 unspecified atom stereocenters. The number of carbonyl (C=O) groups is 1. The number of benzene rings is 2. The average molecular weight is 350 g/mol. The number of carbonyl (C=O) groups excluding carboxylic acids is 1. The molecule has 3 rings (SSSR count). The summed E-state index contributed by atoms with van der Waals surface area (Å²) in [5.74, 6) is -0.0406. The van der Waals surface area contributed by atoms with Gasteiger partial charge in [-0.05, 0) is 48.8 Å².